The molecule has 0 amide bonds. The lowest BCUT2D eigenvalue weighted by Gasteiger charge is -2.16. The highest BCUT2D eigenvalue weighted by atomic mass is 79.9. The molecule has 1 unspecified atom stereocenters. The van der Waals surface area contributed by atoms with Crippen molar-refractivity contribution in [1.29, 1.82) is 0 Å². The molecule has 1 heterocycles. The molecule has 0 fully saturated rings. The first-order valence-corrected chi connectivity index (χ1v) is 7.06. The molecule has 19 heavy (non-hydrogen) atoms. The summed E-state index contributed by atoms with van der Waals surface area (Å²) in [5.74, 6) is 1.68. The Bertz CT molecular complexity index is 556. The van der Waals surface area contributed by atoms with Gasteiger partial charge in [0.25, 0.3) is 0 Å². The number of nitrogens with one attached hydrogen (secondary N) is 1. The van der Waals surface area contributed by atoms with Crippen LogP contribution in [-0.4, -0.2) is 14.2 Å². The van der Waals surface area contributed by atoms with Crippen LogP contribution in [0.1, 0.15) is 17.4 Å². The Morgan fingerprint density at radius 1 is 1.37 bits per heavy atom. The Balaban J connectivity index is 2.25. The zero-order chi connectivity index (χ0) is 13.8. The summed E-state index contributed by atoms with van der Waals surface area (Å²) >= 11 is 9.30. The first-order valence-electron chi connectivity index (χ1n) is 5.89. The molecule has 0 saturated carbocycles. The fourth-order valence-corrected chi connectivity index (χ4v) is 2.55. The van der Waals surface area contributed by atoms with Gasteiger partial charge in [-0.2, -0.15) is 0 Å². The monoisotopic (exact) mass is 343 g/mol. The van der Waals surface area contributed by atoms with E-state index in [-0.39, 0.29) is 6.04 Å². The summed E-state index contributed by atoms with van der Waals surface area (Å²) in [6.45, 7) is 0. The maximum atomic E-state index is 5.82. The summed E-state index contributed by atoms with van der Waals surface area (Å²) in [5.41, 5.74) is 1.10. The maximum Gasteiger partial charge on any atom is 0.193 e. The molecule has 5 heteroatoms. The van der Waals surface area contributed by atoms with Crippen molar-refractivity contribution in [1.82, 2.24) is 5.32 Å². The molecule has 0 spiro atoms. The van der Waals surface area contributed by atoms with E-state index in [0.717, 1.165) is 28.0 Å². The molecule has 0 radical (unpaired) electrons. The summed E-state index contributed by atoms with van der Waals surface area (Å²) in [5, 5.41) is 3.63. The van der Waals surface area contributed by atoms with Crippen molar-refractivity contribution in [3.8, 4) is 5.75 Å². The maximum absolute atomic E-state index is 5.82. The number of methoxy groups -OCH3 is 1. The second-order valence-electron chi connectivity index (χ2n) is 4.14. The highest BCUT2D eigenvalue weighted by molar-refractivity contribution is 9.10. The minimum atomic E-state index is 0.0516. The zero-order valence-corrected chi connectivity index (χ0v) is 13.1. The summed E-state index contributed by atoms with van der Waals surface area (Å²) in [6, 6.07) is 9.64. The third-order valence-corrected chi connectivity index (χ3v) is 3.65. The van der Waals surface area contributed by atoms with Gasteiger partial charge in [0.15, 0.2) is 5.22 Å². The molecule has 2 rings (SSSR count). The second-order valence-corrected chi connectivity index (χ2v) is 5.43. The summed E-state index contributed by atoms with van der Waals surface area (Å²) in [7, 11) is 3.57. The lowest BCUT2D eigenvalue weighted by molar-refractivity contribution is 0.397. The lowest BCUT2D eigenvalue weighted by atomic mass is 10.0. The van der Waals surface area contributed by atoms with Gasteiger partial charge in [-0.25, -0.2) is 0 Å². The molecule has 1 aromatic carbocycles. The number of benzene rings is 1. The van der Waals surface area contributed by atoms with Crippen molar-refractivity contribution in [3.05, 3.63) is 51.3 Å². The van der Waals surface area contributed by atoms with E-state index in [9.17, 15) is 0 Å². The van der Waals surface area contributed by atoms with Crippen LogP contribution in [0.5, 0.6) is 5.75 Å². The van der Waals surface area contributed by atoms with E-state index in [1.165, 1.54) is 0 Å². The molecule has 0 bridgehead atoms. The number of hydrogen-bond donors (Lipinski definition) is 1. The molecular weight excluding hydrogens is 330 g/mol. The Kier molecular flexibility index (Phi) is 4.91. The number of rotatable bonds is 5. The van der Waals surface area contributed by atoms with E-state index in [1.54, 1.807) is 13.2 Å². The first kappa shape index (κ1) is 14.4. The summed E-state index contributed by atoms with van der Waals surface area (Å²) < 4.78 is 11.9. The van der Waals surface area contributed by atoms with E-state index in [4.69, 9.17) is 20.8 Å². The van der Waals surface area contributed by atoms with Gasteiger partial charge in [0.1, 0.15) is 11.5 Å². The van der Waals surface area contributed by atoms with Gasteiger partial charge < -0.3 is 14.5 Å². The standard InChI is InChI=1S/C14H15BrClNO2/c1-17-11(13-5-6-14(16)19-13)8-9-7-10(15)3-4-12(9)18-2/h3-7,11,17H,8H2,1-2H3. The van der Waals surface area contributed by atoms with Gasteiger partial charge >= 0.3 is 0 Å². The molecular formula is C14H15BrClNO2. The Hall–Kier alpha value is -0.970. The normalized spacial score (nSPS) is 12.4. The molecule has 1 atom stereocenters. The van der Waals surface area contributed by atoms with Crippen LogP contribution in [0.15, 0.2) is 39.2 Å². The molecule has 1 aromatic heterocycles. The van der Waals surface area contributed by atoms with Crippen LogP contribution < -0.4 is 10.1 Å². The van der Waals surface area contributed by atoms with Crippen molar-refractivity contribution >= 4 is 27.5 Å². The van der Waals surface area contributed by atoms with E-state index in [0.29, 0.717) is 5.22 Å². The van der Waals surface area contributed by atoms with E-state index in [2.05, 4.69) is 21.2 Å². The van der Waals surface area contributed by atoms with Crippen molar-refractivity contribution in [2.75, 3.05) is 14.2 Å². The second kappa shape index (κ2) is 6.46. The van der Waals surface area contributed by atoms with Crippen LogP contribution in [0.2, 0.25) is 5.22 Å². The van der Waals surface area contributed by atoms with Gasteiger partial charge in [-0.05, 0) is 61.0 Å². The number of ether oxygens (including phenoxy) is 1. The van der Waals surface area contributed by atoms with Crippen LogP contribution in [0.4, 0.5) is 0 Å². The van der Waals surface area contributed by atoms with Gasteiger partial charge in [0.05, 0.1) is 13.2 Å². The van der Waals surface area contributed by atoms with Gasteiger partial charge in [-0.1, -0.05) is 15.9 Å². The molecule has 0 aliphatic rings. The minimum Gasteiger partial charge on any atom is -0.496 e. The molecule has 1 N–H and O–H groups in total. The van der Waals surface area contributed by atoms with Crippen LogP contribution >= 0.6 is 27.5 Å². The third-order valence-electron chi connectivity index (χ3n) is 2.95. The molecule has 0 aliphatic heterocycles. The van der Waals surface area contributed by atoms with E-state index < -0.39 is 0 Å². The third kappa shape index (κ3) is 3.53. The van der Waals surface area contributed by atoms with Gasteiger partial charge in [-0.15, -0.1) is 0 Å². The van der Waals surface area contributed by atoms with Gasteiger partial charge in [-0.3, -0.25) is 0 Å². The highest BCUT2D eigenvalue weighted by Gasteiger charge is 2.16. The Morgan fingerprint density at radius 3 is 2.74 bits per heavy atom. The van der Waals surface area contributed by atoms with E-state index in [1.807, 2.05) is 31.3 Å². The fraction of sp³-hybridized carbons (Fsp3) is 0.286. The van der Waals surface area contributed by atoms with Gasteiger partial charge in [0.2, 0.25) is 0 Å². The predicted octanol–water partition coefficient (Wildman–Crippen LogP) is 4.21. The minimum absolute atomic E-state index is 0.0516. The van der Waals surface area contributed by atoms with E-state index >= 15 is 0 Å². The average molecular weight is 345 g/mol. The first-order chi connectivity index (χ1) is 9.13. The number of furan rings is 1. The molecule has 0 saturated heterocycles. The van der Waals surface area contributed by atoms with Crippen molar-refractivity contribution in [3.63, 3.8) is 0 Å². The highest BCUT2D eigenvalue weighted by Crippen LogP contribution is 2.29. The average Bonchev–Trinajstić information content (AvgIpc) is 2.82. The number of hydrogen-bond acceptors (Lipinski definition) is 3. The molecule has 102 valence electrons. The SMILES string of the molecule is CNC(Cc1cc(Br)ccc1OC)c1ccc(Cl)o1. The van der Waals surface area contributed by atoms with Crippen LogP contribution in [0, 0.1) is 0 Å². The lowest BCUT2D eigenvalue weighted by Crippen LogP contribution is -2.18. The Morgan fingerprint density at radius 2 is 2.16 bits per heavy atom. The summed E-state index contributed by atoms with van der Waals surface area (Å²) in [6.07, 6.45) is 0.753. The zero-order valence-electron chi connectivity index (χ0n) is 10.7. The van der Waals surface area contributed by atoms with Gasteiger partial charge in [0, 0.05) is 4.47 Å². The van der Waals surface area contributed by atoms with Crippen molar-refractivity contribution in [2.45, 2.75) is 12.5 Å². The van der Waals surface area contributed by atoms with Crippen LogP contribution in [-0.2, 0) is 6.42 Å². The number of likely N-dealkylation sites (N-methyl/N-ethyl adjacent to an activating group) is 1. The largest absolute Gasteiger partial charge is 0.496 e. The van der Waals surface area contributed by atoms with Crippen LogP contribution in [0.3, 0.4) is 0 Å². The molecule has 0 aliphatic carbocycles. The van der Waals surface area contributed by atoms with Crippen molar-refractivity contribution < 1.29 is 9.15 Å². The quantitative estimate of drug-likeness (QED) is 0.882. The molecule has 3 nitrogen and oxygen atoms in total. The topological polar surface area (TPSA) is 34.4 Å². The smallest absolute Gasteiger partial charge is 0.193 e. The fourth-order valence-electron chi connectivity index (χ4n) is 1.99. The molecule has 2 aromatic rings. The predicted molar refractivity (Wildman–Crippen MR) is 79.9 cm³/mol. The number of halogens is 2. The van der Waals surface area contributed by atoms with Crippen LogP contribution in [0.25, 0.3) is 0 Å². The summed E-state index contributed by atoms with van der Waals surface area (Å²) in [4.78, 5) is 0. The Labute approximate surface area is 126 Å². The van der Waals surface area contributed by atoms with Crippen molar-refractivity contribution in [2.24, 2.45) is 0 Å².